The van der Waals surface area contributed by atoms with E-state index in [-0.39, 0.29) is 11.4 Å². The quantitative estimate of drug-likeness (QED) is 0.632. The molecule has 0 saturated heterocycles. The Morgan fingerprint density at radius 1 is 1.42 bits per heavy atom. The molecule has 1 aromatic rings. The largest absolute Gasteiger partial charge is 0.325 e. The van der Waals surface area contributed by atoms with Crippen LogP contribution in [0.3, 0.4) is 0 Å². The van der Waals surface area contributed by atoms with E-state index in [4.69, 9.17) is 10.9 Å². The van der Waals surface area contributed by atoms with Crippen LogP contribution in [0, 0.1) is 0 Å². The van der Waals surface area contributed by atoms with Gasteiger partial charge in [-0.25, -0.2) is 13.6 Å². The molecule has 1 aromatic heterocycles. The van der Waals surface area contributed by atoms with Crippen LogP contribution in [0.15, 0.2) is 23.2 Å². The van der Waals surface area contributed by atoms with E-state index in [0.717, 1.165) is 0 Å². The fourth-order valence-electron chi connectivity index (χ4n) is 0.700. The molecule has 0 atom stereocenters. The molecule has 0 amide bonds. The average Bonchev–Trinajstić information content (AvgIpc) is 2.03. The highest BCUT2D eigenvalue weighted by Gasteiger charge is 2.06. The molecule has 0 aliphatic carbocycles. The minimum absolute atomic E-state index is 0.000278. The number of primary sulfonamides is 1. The van der Waals surface area contributed by atoms with Gasteiger partial charge < -0.3 is 5.73 Å². The SMILES string of the molecule is NCc1ccc(S(N)(=O)=O)cn1. The summed E-state index contributed by atoms with van der Waals surface area (Å²) in [6, 6.07) is 2.91. The summed E-state index contributed by atoms with van der Waals surface area (Å²) in [6.07, 6.45) is 1.19. The van der Waals surface area contributed by atoms with Crippen molar-refractivity contribution in [2.75, 3.05) is 0 Å². The molecule has 0 fully saturated rings. The van der Waals surface area contributed by atoms with Gasteiger partial charge in [-0.15, -0.1) is 0 Å². The highest BCUT2D eigenvalue weighted by molar-refractivity contribution is 7.89. The lowest BCUT2D eigenvalue weighted by Crippen LogP contribution is -2.12. The number of nitrogens with two attached hydrogens (primary N) is 2. The van der Waals surface area contributed by atoms with E-state index in [9.17, 15) is 8.42 Å². The van der Waals surface area contributed by atoms with Gasteiger partial charge in [-0.3, -0.25) is 4.98 Å². The van der Waals surface area contributed by atoms with Crippen molar-refractivity contribution in [2.45, 2.75) is 11.4 Å². The number of rotatable bonds is 2. The van der Waals surface area contributed by atoms with Gasteiger partial charge in [0.15, 0.2) is 0 Å². The number of hydrogen-bond donors (Lipinski definition) is 2. The zero-order valence-electron chi connectivity index (χ0n) is 6.27. The van der Waals surface area contributed by atoms with E-state index in [1.807, 2.05) is 0 Å². The van der Waals surface area contributed by atoms with Gasteiger partial charge >= 0.3 is 0 Å². The van der Waals surface area contributed by atoms with E-state index in [1.54, 1.807) is 0 Å². The van der Waals surface area contributed by atoms with Crippen LogP contribution in [0.2, 0.25) is 0 Å². The van der Waals surface area contributed by atoms with E-state index in [2.05, 4.69) is 4.98 Å². The van der Waals surface area contributed by atoms with E-state index >= 15 is 0 Å². The molecule has 0 spiro atoms. The van der Waals surface area contributed by atoms with Gasteiger partial charge in [0.2, 0.25) is 10.0 Å². The van der Waals surface area contributed by atoms with E-state index < -0.39 is 10.0 Å². The lowest BCUT2D eigenvalue weighted by molar-refractivity contribution is 0.597. The van der Waals surface area contributed by atoms with Crippen LogP contribution in [-0.2, 0) is 16.6 Å². The maximum absolute atomic E-state index is 10.7. The smallest absolute Gasteiger partial charge is 0.239 e. The highest BCUT2D eigenvalue weighted by atomic mass is 32.2. The topological polar surface area (TPSA) is 99.1 Å². The standard InChI is InChI=1S/C6H9N3O2S/c7-3-5-1-2-6(4-9-5)12(8,10)11/h1-2,4H,3,7H2,(H2,8,10,11). The first-order valence-corrected chi connectivity index (χ1v) is 4.76. The number of pyridine rings is 1. The minimum atomic E-state index is -3.63. The van der Waals surface area contributed by atoms with Crippen molar-refractivity contribution >= 4 is 10.0 Å². The highest BCUT2D eigenvalue weighted by Crippen LogP contribution is 2.04. The predicted molar refractivity (Wildman–Crippen MR) is 43.5 cm³/mol. The molecular formula is C6H9N3O2S. The third-order valence-electron chi connectivity index (χ3n) is 1.34. The summed E-state index contributed by atoms with van der Waals surface area (Å²) in [4.78, 5) is 3.78. The van der Waals surface area contributed by atoms with Gasteiger partial charge in [-0.1, -0.05) is 0 Å². The van der Waals surface area contributed by atoms with Gasteiger partial charge in [-0.05, 0) is 12.1 Å². The minimum Gasteiger partial charge on any atom is -0.325 e. The lowest BCUT2D eigenvalue weighted by Gasteiger charge is -1.98. The molecule has 5 nitrogen and oxygen atoms in total. The Balaban J connectivity index is 3.09. The van der Waals surface area contributed by atoms with E-state index in [0.29, 0.717) is 5.69 Å². The Labute approximate surface area is 70.5 Å². The van der Waals surface area contributed by atoms with Crippen molar-refractivity contribution in [3.8, 4) is 0 Å². The van der Waals surface area contributed by atoms with Crippen molar-refractivity contribution < 1.29 is 8.42 Å². The maximum Gasteiger partial charge on any atom is 0.239 e. The molecule has 1 heterocycles. The van der Waals surface area contributed by atoms with Gasteiger partial charge in [0.1, 0.15) is 4.90 Å². The first kappa shape index (κ1) is 9.11. The summed E-state index contributed by atoms with van der Waals surface area (Å²) in [6.45, 7) is 0.283. The summed E-state index contributed by atoms with van der Waals surface area (Å²) >= 11 is 0. The molecule has 0 aliphatic heterocycles. The molecule has 0 aliphatic rings. The summed E-state index contributed by atoms with van der Waals surface area (Å²) < 4.78 is 21.5. The Morgan fingerprint density at radius 3 is 2.42 bits per heavy atom. The van der Waals surface area contributed by atoms with Crippen LogP contribution in [0.4, 0.5) is 0 Å². The second kappa shape index (κ2) is 3.18. The fraction of sp³-hybridized carbons (Fsp3) is 0.167. The van der Waals surface area contributed by atoms with Gasteiger partial charge in [0, 0.05) is 12.7 Å². The van der Waals surface area contributed by atoms with Gasteiger partial charge in [0.25, 0.3) is 0 Å². The Hall–Kier alpha value is -0.980. The molecule has 0 bridgehead atoms. The van der Waals surface area contributed by atoms with Crippen molar-refractivity contribution in [1.82, 2.24) is 4.98 Å². The molecule has 66 valence electrons. The molecule has 1 rings (SSSR count). The first-order valence-electron chi connectivity index (χ1n) is 3.22. The average molecular weight is 187 g/mol. The number of nitrogens with zero attached hydrogens (tertiary/aromatic N) is 1. The lowest BCUT2D eigenvalue weighted by atomic mass is 10.4. The Morgan fingerprint density at radius 2 is 2.08 bits per heavy atom. The molecule has 12 heavy (non-hydrogen) atoms. The van der Waals surface area contributed by atoms with E-state index in [1.165, 1.54) is 18.3 Å². The van der Waals surface area contributed by atoms with Crippen molar-refractivity contribution in [3.05, 3.63) is 24.0 Å². The van der Waals surface area contributed by atoms with Crippen LogP contribution in [0.5, 0.6) is 0 Å². The first-order chi connectivity index (χ1) is 5.54. The molecule has 6 heteroatoms. The number of aromatic nitrogens is 1. The zero-order chi connectivity index (χ0) is 9.19. The molecule has 0 saturated carbocycles. The van der Waals surface area contributed by atoms with Gasteiger partial charge in [-0.2, -0.15) is 0 Å². The molecule has 4 N–H and O–H groups in total. The van der Waals surface area contributed by atoms with Crippen LogP contribution < -0.4 is 10.9 Å². The van der Waals surface area contributed by atoms with Crippen LogP contribution in [0.25, 0.3) is 0 Å². The van der Waals surface area contributed by atoms with Crippen molar-refractivity contribution in [2.24, 2.45) is 10.9 Å². The Bertz CT molecular complexity index is 357. The zero-order valence-corrected chi connectivity index (χ0v) is 7.08. The van der Waals surface area contributed by atoms with Crippen molar-refractivity contribution in [3.63, 3.8) is 0 Å². The second-order valence-corrected chi connectivity index (χ2v) is 3.80. The third-order valence-corrected chi connectivity index (χ3v) is 2.23. The summed E-state index contributed by atoms with van der Waals surface area (Å²) in [5.41, 5.74) is 5.89. The fourth-order valence-corrected chi connectivity index (χ4v) is 1.16. The molecular weight excluding hydrogens is 178 g/mol. The van der Waals surface area contributed by atoms with Crippen LogP contribution >= 0.6 is 0 Å². The number of sulfonamides is 1. The van der Waals surface area contributed by atoms with Crippen LogP contribution in [-0.4, -0.2) is 13.4 Å². The predicted octanol–water partition coefficient (Wildman–Crippen LogP) is -0.812. The van der Waals surface area contributed by atoms with Gasteiger partial charge in [0.05, 0.1) is 5.69 Å². The molecule has 0 radical (unpaired) electrons. The van der Waals surface area contributed by atoms with Crippen molar-refractivity contribution in [1.29, 1.82) is 0 Å². The molecule has 0 aromatic carbocycles. The summed E-state index contributed by atoms with van der Waals surface area (Å²) in [5.74, 6) is 0. The maximum atomic E-state index is 10.7. The normalized spacial score (nSPS) is 11.5. The van der Waals surface area contributed by atoms with Crippen LogP contribution in [0.1, 0.15) is 5.69 Å². The monoisotopic (exact) mass is 187 g/mol. The number of hydrogen-bond acceptors (Lipinski definition) is 4. The summed E-state index contributed by atoms with van der Waals surface area (Å²) in [7, 11) is -3.63. The second-order valence-electron chi connectivity index (χ2n) is 2.23. The Kier molecular flexibility index (Phi) is 2.41. The third kappa shape index (κ3) is 2.00. The molecule has 0 unspecified atom stereocenters. The summed E-state index contributed by atoms with van der Waals surface area (Å²) in [5, 5.41) is 4.85.